The third-order valence-corrected chi connectivity index (χ3v) is 7.68. The van der Waals surface area contributed by atoms with Crippen LogP contribution in [0.5, 0.6) is 0 Å². The summed E-state index contributed by atoms with van der Waals surface area (Å²) >= 11 is 0. The molecule has 7 nitrogen and oxygen atoms in total. The van der Waals surface area contributed by atoms with Gasteiger partial charge in [-0.25, -0.2) is 12.8 Å². The maximum Gasteiger partial charge on any atom is 0.248 e. The van der Waals surface area contributed by atoms with Gasteiger partial charge in [-0.2, -0.15) is 4.31 Å². The smallest absolute Gasteiger partial charge is 0.248 e. The number of rotatable bonds is 6. The van der Waals surface area contributed by atoms with Gasteiger partial charge in [-0.15, -0.1) is 0 Å². The van der Waals surface area contributed by atoms with E-state index in [1.54, 1.807) is 26.0 Å². The lowest BCUT2D eigenvalue weighted by Crippen LogP contribution is -2.42. The Balaban J connectivity index is 1.56. The second-order valence-electron chi connectivity index (χ2n) is 7.53. The van der Waals surface area contributed by atoms with Crippen molar-refractivity contribution >= 4 is 15.9 Å². The Morgan fingerprint density at radius 3 is 2.62 bits per heavy atom. The highest BCUT2D eigenvalue weighted by Gasteiger charge is 2.36. The molecule has 1 aromatic heterocycles. The predicted octanol–water partition coefficient (Wildman–Crippen LogP) is 2.78. The van der Waals surface area contributed by atoms with Crippen molar-refractivity contribution in [1.29, 1.82) is 0 Å². The molecule has 1 fully saturated rings. The van der Waals surface area contributed by atoms with Crippen molar-refractivity contribution in [2.75, 3.05) is 13.1 Å². The Morgan fingerprint density at radius 2 is 2.03 bits per heavy atom. The first-order valence-electron chi connectivity index (χ1n) is 9.65. The molecule has 9 heteroatoms. The first-order valence-corrected chi connectivity index (χ1v) is 11.1. The minimum absolute atomic E-state index is 0.0821. The van der Waals surface area contributed by atoms with Crippen LogP contribution in [0.4, 0.5) is 4.39 Å². The van der Waals surface area contributed by atoms with Crippen LogP contribution >= 0.6 is 0 Å². The van der Waals surface area contributed by atoms with Gasteiger partial charge in [-0.3, -0.25) is 4.79 Å². The highest BCUT2D eigenvalue weighted by atomic mass is 32.2. The number of hydrogen-bond acceptors (Lipinski definition) is 5. The third-order valence-electron chi connectivity index (χ3n) is 5.54. The molecule has 0 spiro atoms. The maximum atomic E-state index is 13.2. The molecule has 1 aromatic carbocycles. The van der Waals surface area contributed by atoms with E-state index in [2.05, 4.69) is 10.5 Å². The molecule has 158 valence electrons. The van der Waals surface area contributed by atoms with Crippen LogP contribution in [0.3, 0.4) is 0 Å². The summed E-state index contributed by atoms with van der Waals surface area (Å²) in [7, 11) is -3.66. The van der Waals surface area contributed by atoms with Crippen LogP contribution in [0.15, 0.2) is 33.7 Å². The molecular formula is C20H26FN3O4S. The van der Waals surface area contributed by atoms with Gasteiger partial charge in [-0.05, 0) is 50.3 Å². The number of nitrogens with zero attached hydrogens (tertiary/aromatic N) is 2. The fourth-order valence-electron chi connectivity index (χ4n) is 3.80. The summed E-state index contributed by atoms with van der Waals surface area (Å²) in [5.74, 6) is -0.334. The van der Waals surface area contributed by atoms with Gasteiger partial charge in [0.2, 0.25) is 15.9 Å². The molecule has 1 aliphatic heterocycles. The Labute approximate surface area is 170 Å². The third kappa shape index (κ3) is 4.67. The first kappa shape index (κ1) is 21.4. The van der Waals surface area contributed by atoms with E-state index in [0.717, 1.165) is 0 Å². The molecule has 0 saturated carbocycles. The van der Waals surface area contributed by atoms with E-state index in [4.69, 9.17) is 4.52 Å². The number of hydrogen-bond donors (Lipinski definition) is 1. The molecule has 1 aliphatic rings. The topological polar surface area (TPSA) is 92.5 Å². The molecule has 0 aliphatic carbocycles. The van der Waals surface area contributed by atoms with Crippen LogP contribution in [-0.2, 0) is 21.4 Å². The quantitative estimate of drug-likeness (QED) is 0.771. The standard InChI is InChI=1S/C20H26FN3O4S/c1-13(20(25)22-12-16-5-4-6-18(21)11-16)17-7-9-24(10-8-17)29(26,27)19-14(2)23-28-15(19)3/h4-6,11,13,17H,7-10,12H2,1-3H3,(H,22,25)/t13-/m1/s1. The molecule has 2 heterocycles. The van der Waals surface area contributed by atoms with Crippen LogP contribution in [0.1, 0.15) is 36.8 Å². The monoisotopic (exact) mass is 423 g/mol. The summed E-state index contributed by atoms with van der Waals surface area (Å²) in [5, 5.41) is 6.58. The second kappa shape index (κ2) is 8.62. The van der Waals surface area contributed by atoms with E-state index >= 15 is 0 Å². The number of nitrogens with one attached hydrogen (secondary N) is 1. The molecule has 29 heavy (non-hydrogen) atoms. The molecule has 1 amide bonds. The lowest BCUT2D eigenvalue weighted by Gasteiger charge is -2.33. The highest BCUT2D eigenvalue weighted by Crippen LogP contribution is 2.30. The molecule has 1 N–H and O–H groups in total. The zero-order valence-electron chi connectivity index (χ0n) is 16.8. The van der Waals surface area contributed by atoms with E-state index in [1.807, 2.05) is 6.92 Å². The molecule has 0 bridgehead atoms. The normalized spacial score (nSPS) is 17.2. The summed E-state index contributed by atoms with van der Waals surface area (Å²) < 4.78 is 45.5. The number of sulfonamides is 1. The number of piperidine rings is 1. The Morgan fingerprint density at radius 1 is 1.34 bits per heavy atom. The molecular weight excluding hydrogens is 397 g/mol. The number of carbonyl (C=O) groups is 1. The summed E-state index contributed by atoms with van der Waals surface area (Å²) in [6, 6.07) is 6.11. The van der Waals surface area contributed by atoms with Crippen molar-refractivity contribution < 1.29 is 22.1 Å². The fraction of sp³-hybridized carbons (Fsp3) is 0.500. The molecule has 2 aromatic rings. The molecule has 0 radical (unpaired) electrons. The van der Waals surface area contributed by atoms with Crippen LogP contribution in [0.2, 0.25) is 0 Å². The van der Waals surface area contributed by atoms with Crippen LogP contribution < -0.4 is 5.32 Å². The van der Waals surface area contributed by atoms with Crippen molar-refractivity contribution in [3.8, 4) is 0 Å². The fourth-order valence-corrected chi connectivity index (χ4v) is 5.56. The minimum Gasteiger partial charge on any atom is -0.360 e. The van der Waals surface area contributed by atoms with Crippen LogP contribution in [0.25, 0.3) is 0 Å². The maximum absolute atomic E-state index is 13.2. The average Bonchev–Trinajstić information content (AvgIpc) is 3.04. The van der Waals surface area contributed by atoms with Gasteiger partial charge in [0.25, 0.3) is 0 Å². The Bertz CT molecular complexity index is 962. The number of benzene rings is 1. The number of amides is 1. The molecule has 0 unspecified atom stereocenters. The van der Waals surface area contributed by atoms with E-state index in [9.17, 15) is 17.6 Å². The van der Waals surface area contributed by atoms with Crippen LogP contribution in [0, 0.1) is 31.5 Å². The number of carbonyl (C=O) groups excluding carboxylic acids is 1. The SMILES string of the molecule is Cc1noc(C)c1S(=O)(=O)N1CCC([C@@H](C)C(=O)NCc2cccc(F)c2)CC1. The van der Waals surface area contributed by atoms with E-state index in [0.29, 0.717) is 37.2 Å². The van der Waals surface area contributed by atoms with Crippen molar-refractivity contribution in [2.45, 2.75) is 45.1 Å². The molecule has 1 atom stereocenters. The largest absolute Gasteiger partial charge is 0.360 e. The zero-order valence-corrected chi connectivity index (χ0v) is 17.6. The predicted molar refractivity (Wildman–Crippen MR) is 105 cm³/mol. The zero-order chi connectivity index (χ0) is 21.2. The summed E-state index contributed by atoms with van der Waals surface area (Å²) in [6.07, 6.45) is 1.19. The van der Waals surface area contributed by atoms with Crippen molar-refractivity contribution in [3.63, 3.8) is 0 Å². The lowest BCUT2D eigenvalue weighted by atomic mass is 9.85. The van der Waals surface area contributed by atoms with Gasteiger partial charge in [-0.1, -0.05) is 24.2 Å². The highest BCUT2D eigenvalue weighted by molar-refractivity contribution is 7.89. The van der Waals surface area contributed by atoms with E-state index in [1.165, 1.54) is 16.4 Å². The summed E-state index contributed by atoms with van der Waals surface area (Å²) in [5.41, 5.74) is 1.06. The first-order chi connectivity index (χ1) is 13.7. The second-order valence-corrected chi connectivity index (χ2v) is 9.41. The van der Waals surface area contributed by atoms with E-state index in [-0.39, 0.29) is 40.8 Å². The van der Waals surface area contributed by atoms with Gasteiger partial charge in [0.1, 0.15) is 16.4 Å². The van der Waals surface area contributed by atoms with Gasteiger partial charge in [0.05, 0.1) is 0 Å². The van der Waals surface area contributed by atoms with E-state index < -0.39 is 10.0 Å². The molecule has 3 rings (SSSR count). The van der Waals surface area contributed by atoms with Gasteiger partial charge < -0.3 is 9.84 Å². The Hall–Kier alpha value is -2.26. The molecule has 1 saturated heterocycles. The van der Waals surface area contributed by atoms with Gasteiger partial charge in [0.15, 0.2) is 5.76 Å². The average molecular weight is 424 g/mol. The Kier molecular flexibility index (Phi) is 6.38. The van der Waals surface area contributed by atoms with Crippen molar-refractivity contribution in [2.24, 2.45) is 11.8 Å². The summed E-state index contributed by atoms with van der Waals surface area (Å²) in [4.78, 5) is 12.6. The summed E-state index contributed by atoms with van der Waals surface area (Å²) in [6.45, 7) is 6.01. The van der Waals surface area contributed by atoms with Gasteiger partial charge in [0, 0.05) is 25.6 Å². The number of aryl methyl sites for hydroxylation is 2. The van der Waals surface area contributed by atoms with Crippen LogP contribution in [-0.4, -0.2) is 36.9 Å². The lowest BCUT2D eigenvalue weighted by molar-refractivity contribution is -0.126. The van der Waals surface area contributed by atoms with Crippen molar-refractivity contribution in [3.05, 3.63) is 47.1 Å². The number of halogens is 1. The van der Waals surface area contributed by atoms with Crippen molar-refractivity contribution in [1.82, 2.24) is 14.8 Å². The number of aromatic nitrogens is 1. The minimum atomic E-state index is -3.66. The van der Waals surface area contributed by atoms with Gasteiger partial charge >= 0.3 is 0 Å².